The second-order valence-corrected chi connectivity index (χ2v) is 7.99. The van der Waals surface area contributed by atoms with E-state index in [9.17, 15) is 8.42 Å². The maximum atomic E-state index is 12.1. The summed E-state index contributed by atoms with van der Waals surface area (Å²) in [5.74, 6) is 0.573. The first kappa shape index (κ1) is 16.7. The van der Waals surface area contributed by atoms with E-state index in [1.54, 1.807) is 24.3 Å². The molecule has 0 amide bonds. The normalized spacial score (nSPS) is 18.0. The average Bonchev–Trinajstić information content (AvgIpc) is 2.43. The Morgan fingerprint density at radius 1 is 1.29 bits per heavy atom. The van der Waals surface area contributed by atoms with Crippen LogP contribution < -0.4 is 4.72 Å². The summed E-state index contributed by atoms with van der Waals surface area (Å²) in [6.07, 6.45) is 3.22. The molecule has 0 saturated carbocycles. The van der Waals surface area contributed by atoms with Crippen molar-refractivity contribution in [1.82, 2.24) is 9.62 Å². The number of likely N-dealkylation sites (tertiary alicyclic amines) is 1. The summed E-state index contributed by atoms with van der Waals surface area (Å²) in [7, 11) is -1.19. The molecule has 0 atom stereocenters. The summed E-state index contributed by atoms with van der Waals surface area (Å²) in [6, 6.07) is 7.06. The zero-order valence-electron chi connectivity index (χ0n) is 12.4. The average molecular weight is 331 g/mol. The van der Waals surface area contributed by atoms with Gasteiger partial charge in [-0.2, -0.15) is 0 Å². The van der Waals surface area contributed by atoms with Crippen LogP contribution in [0, 0.1) is 5.92 Å². The van der Waals surface area contributed by atoms with Crippen molar-refractivity contribution in [2.24, 2.45) is 5.92 Å². The molecule has 1 heterocycles. The summed E-state index contributed by atoms with van der Waals surface area (Å²) in [6.45, 7) is 2.73. The fraction of sp³-hybridized carbons (Fsp3) is 0.600. The Hall–Kier alpha value is -0.620. The SMILES string of the molecule is CN1CCC(CCNS(=O)(=O)Cc2ccccc2Cl)CC1. The molecule has 21 heavy (non-hydrogen) atoms. The van der Waals surface area contributed by atoms with Gasteiger partial charge in [-0.15, -0.1) is 0 Å². The van der Waals surface area contributed by atoms with E-state index >= 15 is 0 Å². The lowest BCUT2D eigenvalue weighted by molar-refractivity contribution is 0.213. The smallest absolute Gasteiger partial charge is 0.215 e. The molecule has 1 saturated heterocycles. The maximum Gasteiger partial charge on any atom is 0.215 e. The summed E-state index contributed by atoms with van der Waals surface area (Å²) in [5, 5.41) is 0.498. The number of nitrogens with one attached hydrogen (secondary N) is 1. The van der Waals surface area contributed by atoms with Crippen molar-refractivity contribution in [2.75, 3.05) is 26.7 Å². The number of rotatable bonds is 6. The molecule has 1 N–H and O–H groups in total. The first-order valence-electron chi connectivity index (χ1n) is 7.35. The van der Waals surface area contributed by atoms with Gasteiger partial charge in [0.1, 0.15) is 0 Å². The highest BCUT2D eigenvalue weighted by Crippen LogP contribution is 2.20. The van der Waals surface area contributed by atoms with Crippen molar-refractivity contribution < 1.29 is 8.42 Å². The van der Waals surface area contributed by atoms with E-state index in [0.29, 0.717) is 23.0 Å². The Morgan fingerprint density at radius 3 is 2.62 bits per heavy atom. The Kier molecular flexibility index (Phi) is 6.05. The van der Waals surface area contributed by atoms with Gasteiger partial charge in [0.05, 0.1) is 5.75 Å². The fourth-order valence-corrected chi connectivity index (χ4v) is 4.11. The van der Waals surface area contributed by atoms with Gasteiger partial charge in [-0.1, -0.05) is 29.8 Å². The van der Waals surface area contributed by atoms with E-state index in [1.165, 1.54) is 0 Å². The topological polar surface area (TPSA) is 49.4 Å². The molecule has 1 fully saturated rings. The molecule has 0 aromatic heterocycles. The van der Waals surface area contributed by atoms with Crippen molar-refractivity contribution >= 4 is 21.6 Å². The van der Waals surface area contributed by atoms with Crippen molar-refractivity contribution in [1.29, 1.82) is 0 Å². The van der Waals surface area contributed by atoms with Gasteiger partial charge in [0.15, 0.2) is 0 Å². The van der Waals surface area contributed by atoms with Crippen LogP contribution in [0.4, 0.5) is 0 Å². The Balaban J connectivity index is 1.78. The summed E-state index contributed by atoms with van der Waals surface area (Å²) >= 11 is 6.00. The van der Waals surface area contributed by atoms with Crippen LogP contribution in [0.25, 0.3) is 0 Å². The highest BCUT2D eigenvalue weighted by atomic mass is 35.5. The quantitative estimate of drug-likeness (QED) is 0.871. The number of piperidine rings is 1. The van der Waals surface area contributed by atoms with Crippen LogP contribution in [0.2, 0.25) is 5.02 Å². The number of hydrogen-bond donors (Lipinski definition) is 1. The third-order valence-electron chi connectivity index (χ3n) is 4.02. The Bertz CT molecular complexity index is 555. The van der Waals surface area contributed by atoms with Crippen molar-refractivity contribution in [2.45, 2.75) is 25.0 Å². The van der Waals surface area contributed by atoms with Gasteiger partial charge in [0, 0.05) is 11.6 Å². The fourth-order valence-electron chi connectivity index (χ4n) is 2.64. The molecule has 0 radical (unpaired) electrons. The van der Waals surface area contributed by atoms with Crippen LogP contribution in [0.5, 0.6) is 0 Å². The van der Waals surface area contributed by atoms with E-state index in [2.05, 4.69) is 16.7 Å². The summed E-state index contributed by atoms with van der Waals surface area (Å²) in [4.78, 5) is 2.32. The van der Waals surface area contributed by atoms with Gasteiger partial charge in [0.25, 0.3) is 0 Å². The van der Waals surface area contributed by atoms with Crippen LogP contribution in [-0.2, 0) is 15.8 Å². The second-order valence-electron chi connectivity index (χ2n) is 5.78. The molecule has 2 rings (SSSR count). The maximum absolute atomic E-state index is 12.1. The number of halogens is 1. The number of nitrogens with zero attached hydrogens (tertiary/aromatic N) is 1. The Morgan fingerprint density at radius 2 is 1.95 bits per heavy atom. The molecule has 118 valence electrons. The van der Waals surface area contributed by atoms with Gasteiger partial charge in [0.2, 0.25) is 10.0 Å². The second kappa shape index (κ2) is 7.58. The Labute approximate surface area is 132 Å². The molecule has 1 aliphatic rings. The summed E-state index contributed by atoms with van der Waals surface area (Å²) in [5.41, 5.74) is 0.644. The van der Waals surface area contributed by atoms with Crippen molar-refractivity contribution in [3.63, 3.8) is 0 Å². The first-order chi connectivity index (χ1) is 9.96. The highest BCUT2D eigenvalue weighted by molar-refractivity contribution is 7.88. The van der Waals surface area contributed by atoms with E-state index in [-0.39, 0.29) is 5.75 Å². The first-order valence-corrected chi connectivity index (χ1v) is 9.38. The van der Waals surface area contributed by atoms with E-state index in [1.807, 2.05) is 0 Å². The number of hydrogen-bond acceptors (Lipinski definition) is 3. The molecule has 0 spiro atoms. The van der Waals surface area contributed by atoms with Crippen LogP contribution in [0.1, 0.15) is 24.8 Å². The van der Waals surface area contributed by atoms with Gasteiger partial charge in [-0.3, -0.25) is 0 Å². The largest absolute Gasteiger partial charge is 0.306 e. The zero-order valence-corrected chi connectivity index (χ0v) is 14.0. The van der Waals surface area contributed by atoms with Gasteiger partial charge < -0.3 is 4.90 Å². The molecule has 0 aliphatic carbocycles. The molecule has 4 nitrogen and oxygen atoms in total. The lowest BCUT2D eigenvalue weighted by Crippen LogP contribution is -2.33. The van der Waals surface area contributed by atoms with Crippen LogP contribution in [0.3, 0.4) is 0 Å². The summed E-state index contributed by atoms with van der Waals surface area (Å²) < 4.78 is 26.8. The highest BCUT2D eigenvalue weighted by Gasteiger charge is 2.18. The lowest BCUT2D eigenvalue weighted by atomic mass is 9.94. The standard InChI is InChI=1S/C15H23ClN2O2S/c1-18-10-7-13(8-11-18)6-9-17-21(19,20)12-14-4-2-3-5-15(14)16/h2-5,13,17H,6-12H2,1H3. The monoisotopic (exact) mass is 330 g/mol. The molecule has 0 bridgehead atoms. The lowest BCUT2D eigenvalue weighted by Gasteiger charge is -2.28. The predicted octanol–water partition coefficient (Wildman–Crippen LogP) is 2.49. The van der Waals surface area contributed by atoms with E-state index in [4.69, 9.17) is 11.6 Å². The minimum atomic E-state index is -3.31. The van der Waals surface area contributed by atoms with E-state index in [0.717, 1.165) is 32.4 Å². The van der Waals surface area contributed by atoms with Gasteiger partial charge >= 0.3 is 0 Å². The molecular formula is C15H23ClN2O2S. The molecule has 6 heteroatoms. The van der Waals surface area contributed by atoms with Crippen LogP contribution >= 0.6 is 11.6 Å². The zero-order chi connectivity index (χ0) is 15.3. The molecule has 0 unspecified atom stereocenters. The number of sulfonamides is 1. The molecule has 1 aliphatic heterocycles. The molecular weight excluding hydrogens is 308 g/mol. The molecule has 1 aromatic carbocycles. The van der Waals surface area contributed by atoms with Gasteiger partial charge in [-0.25, -0.2) is 13.1 Å². The molecule has 1 aromatic rings. The predicted molar refractivity (Wildman–Crippen MR) is 86.9 cm³/mol. The minimum Gasteiger partial charge on any atom is -0.306 e. The van der Waals surface area contributed by atoms with Crippen molar-refractivity contribution in [3.05, 3.63) is 34.9 Å². The van der Waals surface area contributed by atoms with Crippen LogP contribution in [0.15, 0.2) is 24.3 Å². The van der Waals surface area contributed by atoms with Crippen LogP contribution in [-0.4, -0.2) is 40.0 Å². The third kappa shape index (κ3) is 5.58. The van der Waals surface area contributed by atoms with Crippen molar-refractivity contribution in [3.8, 4) is 0 Å². The van der Waals surface area contributed by atoms with E-state index < -0.39 is 10.0 Å². The minimum absolute atomic E-state index is 0.0555. The number of benzene rings is 1. The third-order valence-corrected chi connectivity index (χ3v) is 5.72. The van der Waals surface area contributed by atoms with Gasteiger partial charge in [-0.05, 0) is 56.9 Å².